The largest absolute Gasteiger partial charge is 0.481 e. The zero-order valence-corrected chi connectivity index (χ0v) is 10.7. The number of carbonyl (C=O) groups excluding carboxylic acids is 1. The minimum absolute atomic E-state index is 0.0781. The van der Waals surface area contributed by atoms with Crippen LogP contribution in [0.15, 0.2) is 16.8 Å². The van der Waals surface area contributed by atoms with Gasteiger partial charge in [-0.3, -0.25) is 9.59 Å². The van der Waals surface area contributed by atoms with Gasteiger partial charge < -0.3 is 10.4 Å². The van der Waals surface area contributed by atoms with E-state index in [1.807, 2.05) is 5.38 Å². The third-order valence-electron chi connectivity index (χ3n) is 4.43. The number of hydrogen-bond donors (Lipinski definition) is 2. The molecule has 1 heterocycles. The highest BCUT2D eigenvalue weighted by Gasteiger charge is 2.59. The van der Waals surface area contributed by atoms with Crippen molar-refractivity contribution in [3.8, 4) is 0 Å². The molecule has 2 unspecified atom stereocenters. The number of nitrogens with one attached hydrogen (secondary N) is 1. The Balaban J connectivity index is 1.73. The molecule has 0 aromatic carbocycles. The topological polar surface area (TPSA) is 66.4 Å². The minimum Gasteiger partial charge on any atom is -0.481 e. The van der Waals surface area contributed by atoms with Crippen LogP contribution in [-0.2, 0) is 4.79 Å². The summed E-state index contributed by atoms with van der Waals surface area (Å²) in [5.74, 6) is -1.34. The molecule has 0 aliphatic heterocycles. The molecule has 1 spiro atoms. The first kappa shape index (κ1) is 11.7. The molecule has 2 N–H and O–H groups in total. The highest BCUT2D eigenvalue weighted by molar-refractivity contribution is 7.08. The van der Waals surface area contributed by atoms with Crippen LogP contribution in [0.3, 0.4) is 0 Å². The average molecular weight is 265 g/mol. The zero-order valence-electron chi connectivity index (χ0n) is 9.89. The van der Waals surface area contributed by atoms with Crippen molar-refractivity contribution < 1.29 is 14.7 Å². The molecule has 1 aromatic rings. The van der Waals surface area contributed by atoms with Gasteiger partial charge in [0, 0.05) is 17.0 Å². The Kier molecular flexibility index (Phi) is 2.66. The fourth-order valence-corrected chi connectivity index (χ4v) is 3.83. The Labute approximate surface area is 109 Å². The van der Waals surface area contributed by atoms with Gasteiger partial charge in [-0.15, -0.1) is 0 Å². The van der Waals surface area contributed by atoms with Crippen molar-refractivity contribution in [1.82, 2.24) is 5.32 Å². The number of aliphatic carboxylic acids is 1. The highest BCUT2D eigenvalue weighted by atomic mass is 32.1. The van der Waals surface area contributed by atoms with Gasteiger partial charge in [0.25, 0.3) is 5.91 Å². The number of hydrogen-bond acceptors (Lipinski definition) is 3. The quantitative estimate of drug-likeness (QED) is 0.879. The first-order valence-corrected chi connectivity index (χ1v) is 7.13. The summed E-state index contributed by atoms with van der Waals surface area (Å²) in [7, 11) is 0. The second-order valence-corrected chi connectivity index (χ2v) is 6.11. The van der Waals surface area contributed by atoms with Gasteiger partial charge >= 0.3 is 5.97 Å². The average Bonchev–Trinajstić information content (AvgIpc) is 2.74. The van der Waals surface area contributed by atoms with Crippen LogP contribution < -0.4 is 5.32 Å². The van der Waals surface area contributed by atoms with Crippen LogP contribution in [0.25, 0.3) is 0 Å². The van der Waals surface area contributed by atoms with Crippen LogP contribution >= 0.6 is 11.3 Å². The van der Waals surface area contributed by atoms with Gasteiger partial charge in [-0.05, 0) is 36.1 Å². The van der Waals surface area contributed by atoms with E-state index >= 15 is 0 Å². The summed E-state index contributed by atoms with van der Waals surface area (Å²) in [6.07, 6.45) is 3.96. The number of rotatable bonds is 3. The highest BCUT2D eigenvalue weighted by Crippen LogP contribution is 2.58. The minimum atomic E-state index is -0.789. The van der Waals surface area contributed by atoms with Crippen LogP contribution in [0.4, 0.5) is 0 Å². The molecular formula is C13H15NO3S. The molecule has 1 amide bonds. The maximum Gasteiger partial charge on any atom is 0.308 e. The number of thiophene rings is 1. The molecule has 18 heavy (non-hydrogen) atoms. The van der Waals surface area contributed by atoms with Gasteiger partial charge in [-0.1, -0.05) is 6.42 Å². The third kappa shape index (κ3) is 1.65. The summed E-state index contributed by atoms with van der Waals surface area (Å²) in [6, 6.07) is 1.58. The van der Waals surface area contributed by atoms with Gasteiger partial charge in [0.2, 0.25) is 0 Å². The molecule has 2 saturated carbocycles. The van der Waals surface area contributed by atoms with E-state index < -0.39 is 11.9 Å². The van der Waals surface area contributed by atoms with Gasteiger partial charge in [-0.2, -0.15) is 11.3 Å². The van der Waals surface area contributed by atoms with Crippen molar-refractivity contribution in [2.75, 3.05) is 0 Å². The summed E-state index contributed by atoms with van der Waals surface area (Å²) < 4.78 is 0. The predicted molar refractivity (Wildman–Crippen MR) is 67.6 cm³/mol. The Morgan fingerprint density at radius 1 is 1.44 bits per heavy atom. The third-order valence-corrected chi connectivity index (χ3v) is 5.11. The molecule has 0 radical (unpaired) electrons. The second-order valence-electron chi connectivity index (χ2n) is 5.33. The lowest BCUT2D eigenvalue weighted by molar-refractivity contribution is -0.159. The van der Waals surface area contributed by atoms with E-state index in [0.717, 1.165) is 25.7 Å². The molecule has 2 aliphatic rings. The molecule has 5 heteroatoms. The summed E-state index contributed by atoms with van der Waals surface area (Å²) >= 11 is 1.47. The number of carboxylic acids is 1. The van der Waals surface area contributed by atoms with Gasteiger partial charge in [-0.25, -0.2) is 0 Å². The van der Waals surface area contributed by atoms with Gasteiger partial charge in [0.05, 0.1) is 5.92 Å². The Hall–Kier alpha value is -1.36. The first-order valence-electron chi connectivity index (χ1n) is 6.18. The fraction of sp³-hybridized carbons (Fsp3) is 0.538. The lowest BCUT2D eigenvalue weighted by Gasteiger charge is -2.59. The monoisotopic (exact) mass is 265 g/mol. The maximum atomic E-state index is 12.0. The van der Waals surface area contributed by atoms with Gasteiger partial charge in [0.1, 0.15) is 0 Å². The van der Waals surface area contributed by atoms with E-state index in [9.17, 15) is 9.59 Å². The lowest BCUT2D eigenvalue weighted by atomic mass is 9.48. The summed E-state index contributed by atoms with van der Waals surface area (Å²) in [6.45, 7) is 0. The number of carboxylic acid groups (broad SMARTS) is 1. The number of carbonyl (C=O) groups is 2. The molecular weight excluding hydrogens is 250 g/mol. The molecule has 2 fully saturated rings. The van der Waals surface area contributed by atoms with E-state index in [2.05, 4.69) is 5.32 Å². The van der Waals surface area contributed by atoms with Crippen molar-refractivity contribution in [3.05, 3.63) is 22.4 Å². The van der Waals surface area contributed by atoms with Crippen molar-refractivity contribution in [2.45, 2.75) is 31.7 Å². The second kappa shape index (κ2) is 4.09. The molecule has 0 saturated heterocycles. The molecule has 2 atom stereocenters. The Morgan fingerprint density at radius 2 is 2.22 bits per heavy atom. The van der Waals surface area contributed by atoms with E-state index in [-0.39, 0.29) is 17.4 Å². The summed E-state index contributed by atoms with van der Waals surface area (Å²) in [5.41, 5.74) is 0.708. The molecule has 3 rings (SSSR count). The lowest BCUT2D eigenvalue weighted by Crippen LogP contribution is -2.66. The Bertz CT molecular complexity index is 478. The fourth-order valence-electron chi connectivity index (χ4n) is 3.20. The number of amides is 1. The van der Waals surface area contributed by atoms with Crippen LogP contribution in [0.5, 0.6) is 0 Å². The van der Waals surface area contributed by atoms with Crippen molar-refractivity contribution in [1.29, 1.82) is 0 Å². The van der Waals surface area contributed by atoms with Crippen LogP contribution in [0.2, 0.25) is 0 Å². The van der Waals surface area contributed by atoms with E-state index in [0.29, 0.717) is 5.56 Å². The van der Waals surface area contributed by atoms with Crippen molar-refractivity contribution in [3.63, 3.8) is 0 Å². The molecule has 4 nitrogen and oxygen atoms in total. The first-order chi connectivity index (χ1) is 8.62. The maximum absolute atomic E-state index is 12.0. The molecule has 0 bridgehead atoms. The standard InChI is InChI=1S/C13H15NO3S/c15-11(8-2-5-18-7-8)14-10-9(12(16)17)6-13(10)3-1-4-13/h2,5,7,9-10H,1,3-4,6H2,(H,14,15)(H,16,17). The van der Waals surface area contributed by atoms with Crippen LogP contribution in [-0.4, -0.2) is 23.0 Å². The molecule has 2 aliphatic carbocycles. The van der Waals surface area contributed by atoms with Crippen LogP contribution in [0.1, 0.15) is 36.0 Å². The zero-order chi connectivity index (χ0) is 12.8. The van der Waals surface area contributed by atoms with E-state index in [1.165, 1.54) is 11.3 Å². The molecule has 1 aromatic heterocycles. The SMILES string of the molecule is O=C(NC1C(C(=O)O)CC12CCC2)c1ccsc1. The van der Waals surface area contributed by atoms with Crippen molar-refractivity contribution >= 4 is 23.2 Å². The van der Waals surface area contributed by atoms with E-state index in [4.69, 9.17) is 5.11 Å². The normalized spacial score (nSPS) is 28.2. The van der Waals surface area contributed by atoms with E-state index in [1.54, 1.807) is 11.4 Å². The van der Waals surface area contributed by atoms with Gasteiger partial charge in [0.15, 0.2) is 0 Å². The van der Waals surface area contributed by atoms with Crippen LogP contribution in [0, 0.1) is 11.3 Å². The molecule has 96 valence electrons. The predicted octanol–water partition coefficient (Wildman–Crippen LogP) is 2.12. The summed E-state index contributed by atoms with van der Waals surface area (Å²) in [4.78, 5) is 23.1. The van der Waals surface area contributed by atoms with Crippen molar-refractivity contribution in [2.24, 2.45) is 11.3 Å². The Morgan fingerprint density at radius 3 is 2.72 bits per heavy atom. The smallest absolute Gasteiger partial charge is 0.308 e. The summed E-state index contributed by atoms with van der Waals surface area (Å²) in [5, 5.41) is 15.7.